The van der Waals surface area contributed by atoms with Crippen molar-refractivity contribution in [2.75, 3.05) is 13.1 Å². The number of hydrogen-bond donors (Lipinski definition) is 0. The number of carbonyl (C=O) groups is 1. The van der Waals surface area contributed by atoms with Gasteiger partial charge in [-0.25, -0.2) is 4.98 Å². The van der Waals surface area contributed by atoms with Crippen molar-refractivity contribution in [3.8, 4) is 0 Å². The maximum atomic E-state index is 12.0. The molecule has 1 fully saturated rings. The Morgan fingerprint density at radius 2 is 2.53 bits per heavy atom. The van der Waals surface area contributed by atoms with Gasteiger partial charge in [-0.2, -0.15) is 0 Å². The van der Waals surface area contributed by atoms with E-state index in [4.69, 9.17) is 11.6 Å². The number of nitrogens with zero attached hydrogens (tertiary/aromatic N) is 2. The monoisotopic (exact) mass is 272 g/mol. The van der Waals surface area contributed by atoms with E-state index >= 15 is 0 Å². The van der Waals surface area contributed by atoms with Gasteiger partial charge in [-0.15, -0.1) is 22.9 Å². The summed E-state index contributed by atoms with van der Waals surface area (Å²) >= 11 is 7.22. The van der Waals surface area contributed by atoms with Crippen molar-refractivity contribution in [2.24, 2.45) is 5.92 Å². The van der Waals surface area contributed by atoms with Gasteiger partial charge in [0.05, 0.1) is 18.0 Å². The van der Waals surface area contributed by atoms with Gasteiger partial charge in [0.15, 0.2) is 0 Å². The number of alkyl halides is 1. The summed E-state index contributed by atoms with van der Waals surface area (Å²) in [5.74, 6) is 1.32. The molecule has 0 N–H and O–H groups in total. The van der Waals surface area contributed by atoms with E-state index in [1.54, 1.807) is 0 Å². The Hall–Kier alpha value is -0.610. The third-order valence-corrected chi connectivity index (χ3v) is 4.43. The first-order valence-electron chi connectivity index (χ1n) is 6.00. The quantitative estimate of drug-likeness (QED) is 0.790. The lowest BCUT2D eigenvalue weighted by atomic mass is 10.1. The minimum absolute atomic E-state index is 0.205. The molecule has 2 rings (SSSR count). The molecule has 1 aliphatic heterocycles. The summed E-state index contributed by atoms with van der Waals surface area (Å²) in [5, 5.41) is 2.81. The number of carbonyl (C=O) groups excluding carboxylic acids is 1. The summed E-state index contributed by atoms with van der Waals surface area (Å²) in [6.45, 7) is 4.01. The van der Waals surface area contributed by atoms with E-state index in [9.17, 15) is 4.79 Å². The summed E-state index contributed by atoms with van der Waals surface area (Å²) in [6, 6.07) is 0. The summed E-state index contributed by atoms with van der Waals surface area (Å²) in [5.41, 5.74) is 0.868. The van der Waals surface area contributed by atoms with E-state index in [1.165, 1.54) is 11.3 Å². The lowest BCUT2D eigenvalue weighted by Gasteiger charge is -2.15. The Kier molecular flexibility index (Phi) is 4.40. The lowest BCUT2D eigenvalue weighted by Crippen LogP contribution is -2.30. The second-order valence-electron chi connectivity index (χ2n) is 4.45. The summed E-state index contributed by atoms with van der Waals surface area (Å²) in [6.07, 6.45) is 2.74. The van der Waals surface area contributed by atoms with Crippen LogP contribution in [0.1, 0.15) is 30.5 Å². The topological polar surface area (TPSA) is 33.2 Å². The molecule has 0 aromatic carbocycles. The van der Waals surface area contributed by atoms with Crippen molar-refractivity contribution in [1.29, 1.82) is 0 Å². The highest BCUT2D eigenvalue weighted by molar-refractivity contribution is 7.09. The molecule has 1 amide bonds. The molecule has 5 heteroatoms. The number of amides is 1. The van der Waals surface area contributed by atoms with E-state index in [0.717, 1.165) is 36.6 Å². The smallest absolute Gasteiger partial charge is 0.229 e. The normalized spacial score (nSPS) is 19.9. The summed E-state index contributed by atoms with van der Waals surface area (Å²) in [4.78, 5) is 18.3. The van der Waals surface area contributed by atoms with E-state index in [1.807, 2.05) is 10.3 Å². The number of rotatable bonds is 4. The Labute approximate surface area is 111 Å². The standard InChI is InChI=1S/C12H17ClN2OS/c1-2-9-3-4-15(7-9)12(16)5-11-14-10(6-13)8-17-11/h8-9H,2-7H2,1H3. The minimum Gasteiger partial charge on any atom is -0.342 e. The van der Waals surface area contributed by atoms with Gasteiger partial charge in [0.25, 0.3) is 0 Å². The third kappa shape index (κ3) is 3.19. The zero-order chi connectivity index (χ0) is 12.3. The van der Waals surface area contributed by atoms with Crippen molar-refractivity contribution in [1.82, 2.24) is 9.88 Å². The summed E-state index contributed by atoms with van der Waals surface area (Å²) in [7, 11) is 0. The molecule has 1 aliphatic rings. The van der Waals surface area contributed by atoms with Crippen molar-refractivity contribution < 1.29 is 4.79 Å². The Balaban J connectivity index is 1.89. The number of thiazole rings is 1. The van der Waals surface area contributed by atoms with E-state index in [2.05, 4.69) is 11.9 Å². The van der Waals surface area contributed by atoms with Crippen LogP contribution < -0.4 is 0 Å². The highest BCUT2D eigenvalue weighted by Crippen LogP contribution is 2.20. The van der Waals surface area contributed by atoms with E-state index < -0.39 is 0 Å². The van der Waals surface area contributed by atoms with Gasteiger partial charge in [-0.05, 0) is 12.3 Å². The summed E-state index contributed by atoms with van der Waals surface area (Å²) < 4.78 is 0. The molecule has 1 saturated heterocycles. The Morgan fingerprint density at radius 3 is 3.12 bits per heavy atom. The van der Waals surface area contributed by atoms with Gasteiger partial charge in [0, 0.05) is 18.5 Å². The van der Waals surface area contributed by atoms with Crippen molar-refractivity contribution >= 4 is 28.8 Å². The fourth-order valence-corrected chi connectivity index (χ4v) is 3.14. The number of hydrogen-bond acceptors (Lipinski definition) is 3. The molecule has 94 valence electrons. The van der Waals surface area contributed by atoms with E-state index in [-0.39, 0.29) is 5.91 Å². The van der Waals surface area contributed by atoms with E-state index in [0.29, 0.717) is 18.2 Å². The van der Waals surface area contributed by atoms with Crippen LogP contribution in [-0.2, 0) is 17.1 Å². The number of likely N-dealkylation sites (tertiary alicyclic amines) is 1. The van der Waals surface area contributed by atoms with Crippen LogP contribution in [0.2, 0.25) is 0 Å². The average Bonchev–Trinajstić information content (AvgIpc) is 2.96. The Bertz CT molecular complexity index is 394. The van der Waals surface area contributed by atoms with Gasteiger partial charge in [0.2, 0.25) is 5.91 Å². The van der Waals surface area contributed by atoms with Crippen molar-refractivity contribution in [2.45, 2.75) is 32.1 Å². The first-order chi connectivity index (χ1) is 8.22. The molecule has 0 saturated carbocycles. The Morgan fingerprint density at radius 1 is 1.71 bits per heavy atom. The zero-order valence-electron chi connectivity index (χ0n) is 9.99. The SMILES string of the molecule is CCC1CCN(C(=O)Cc2nc(CCl)cs2)C1. The van der Waals surface area contributed by atoms with Gasteiger partial charge in [0.1, 0.15) is 5.01 Å². The van der Waals surface area contributed by atoms with Gasteiger partial charge in [-0.1, -0.05) is 13.3 Å². The van der Waals surface area contributed by atoms with Gasteiger partial charge < -0.3 is 4.90 Å². The maximum Gasteiger partial charge on any atom is 0.229 e. The fourth-order valence-electron chi connectivity index (χ4n) is 2.13. The molecule has 0 aliphatic carbocycles. The van der Waals surface area contributed by atoms with Gasteiger partial charge in [-0.3, -0.25) is 4.79 Å². The maximum absolute atomic E-state index is 12.0. The van der Waals surface area contributed by atoms with Crippen LogP contribution in [0, 0.1) is 5.92 Å². The zero-order valence-corrected chi connectivity index (χ0v) is 11.6. The predicted octanol–water partition coefficient (Wildman–Crippen LogP) is 2.68. The first kappa shape index (κ1) is 12.8. The molecule has 17 heavy (non-hydrogen) atoms. The second-order valence-corrected chi connectivity index (χ2v) is 5.66. The average molecular weight is 273 g/mol. The molecule has 2 heterocycles. The van der Waals surface area contributed by atoms with Crippen LogP contribution in [0.25, 0.3) is 0 Å². The highest BCUT2D eigenvalue weighted by atomic mass is 35.5. The van der Waals surface area contributed by atoms with Crippen LogP contribution >= 0.6 is 22.9 Å². The molecule has 3 nitrogen and oxygen atoms in total. The molecule has 1 unspecified atom stereocenters. The van der Waals surface area contributed by atoms with Crippen molar-refractivity contribution in [3.05, 3.63) is 16.1 Å². The third-order valence-electron chi connectivity index (χ3n) is 3.25. The van der Waals surface area contributed by atoms with Gasteiger partial charge >= 0.3 is 0 Å². The minimum atomic E-state index is 0.205. The van der Waals surface area contributed by atoms with Crippen LogP contribution in [-0.4, -0.2) is 28.9 Å². The molecule has 0 radical (unpaired) electrons. The van der Waals surface area contributed by atoms with Crippen LogP contribution in [0.3, 0.4) is 0 Å². The largest absolute Gasteiger partial charge is 0.342 e. The highest BCUT2D eigenvalue weighted by Gasteiger charge is 2.25. The lowest BCUT2D eigenvalue weighted by molar-refractivity contribution is -0.129. The fraction of sp³-hybridized carbons (Fsp3) is 0.667. The number of aromatic nitrogens is 1. The molecular formula is C12H17ClN2OS. The molecule has 1 atom stereocenters. The van der Waals surface area contributed by atoms with Crippen LogP contribution in [0.5, 0.6) is 0 Å². The molecule has 0 bridgehead atoms. The molecule has 1 aromatic rings. The molecule has 1 aromatic heterocycles. The second kappa shape index (κ2) is 5.83. The predicted molar refractivity (Wildman–Crippen MR) is 70.4 cm³/mol. The van der Waals surface area contributed by atoms with Crippen LogP contribution in [0.4, 0.5) is 0 Å². The number of halogens is 1. The molecular weight excluding hydrogens is 256 g/mol. The van der Waals surface area contributed by atoms with Crippen molar-refractivity contribution in [3.63, 3.8) is 0 Å². The first-order valence-corrected chi connectivity index (χ1v) is 7.41. The van der Waals surface area contributed by atoms with Crippen LogP contribution in [0.15, 0.2) is 5.38 Å². The molecule has 0 spiro atoms.